The monoisotopic (exact) mass is 336 g/mol. The van der Waals surface area contributed by atoms with Crippen LogP contribution in [0.3, 0.4) is 0 Å². The van der Waals surface area contributed by atoms with Crippen molar-refractivity contribution in [3.8, 4) is 0 Å². The van der Waals surface area contributed by atoms with Crippen molar-refractivity contribution in [3.05, 3.63) is 45.6 Å². The largest absolute Gasteiger partial charge is 0.307 e. The molecule has 1 amide bonds. The number of hydrogen-bond donors (Lipinski definition) is 1. The van der Waals surface area contributed by atoms with Crippen molar-refractivity contribution in [2.24, 2.45) is 0 Å². The van der Waals surface area contributed by atoms with E-state index in [1.54, 1.807) is 17.0 Å². The van der Waals surface area contributed by atoms with Gasteiger partial charge < -0.3 is 4.90 Å². The van der Waals surface area contributed by atoms with E-state index >= 15 is 0 Å². The Morgan fingerprint density at radius 3 is 2.73 bits per heavy atom. The molecule has 2 heterocycles. The SMILES string of the molecule is CNS(=O)(=O)c1ccc2c(c1)CCN2C(=O)c1sccc1C. The topological polar surface area (TPSA) is 66.5 Å². The molecule has 1 aliphatic rings. The van der Waals surface area contributed by atoms with Crippen molar-refractivity contribution in [1.29, 1.82) is 0 Å². The average molecular weight is 336 g/mol. The minimum Gasteiger partial charge on any atom is -0.307 e. The second-order valence-electron chi connectivity index (χ2n) is 5.14. The molecule has 5 nitrogen and oxygen atoms in total. The maximum atomic E-state index is 12.6. The number of hydrogen-bond acceptors (Lipinski definition) is 4. The summed E-state index contributed by atoms with van der Waals surface area (Å²) in [7, 11) is -2.07. The normalized spacial score (nSPS) is 14.2. The van der Waals surface area contributed by atoms with Crippen LogP contribution in [0, 0.1) is 6.92 Å². The fourth-order valence-corrected chi connectivity index (χ4v) is 4.24. The molecule has 1 aromatic carbocycles. The predicted molar refractivity (Wildman–Crippen MR) is 87.1 cm³/mol. The molecule has 116 valence electrons. The molecule has 0 spiro atoms. The van der Waals surface area contributed by atoms with Gasteiger partial charge in [0.1, 0.15) is 0 Å². The van der Waals surface area contributed by atoms with E-state index in [1.165, 1.54) is 24.5 Å². The molecule has 0 aliphatic carbocycles. The lowest BCUT2D eigenvalue weighted by Gasteiger charge is -2.17. The summed E-state index contributed by atoms with van der Waals surface area (Å²) in [6.07, 6.45) is 0.665. The van der Waals surface area contributed by atoms with Crippen molar-refractivity contribution >= 4 is 33.0 Å². The summed E-state index contributed by atoms with van der Waals surface area (Å²) in [4.78, 5) is 15.3. The molecule has 0 bridgehead atoms. The van der Waals surface area contributed by atoms with Gasteiger partial charge in [-0.05, 0) is 61.2 Å². The number of carbonyl (C=O) groups is 1. The van der Waals surface area contributed by atoms with E-state index in [2.05, 4.69) is 4.72 Å². The molecule has 1 N–H and O–H groups in total. The van der Waals surface area contributed by atoms with Crippen LogP contribution in [-0.4, -0.2) is 27.9 Å². The minimum atomic E-state index is -3.46. The number of fused-ring (bicyclic) bond motifs is 1. The van der Waals surface area contributed by atoms with Gasteiger partial charge in [0.2, 0.25) is 10.0 Å². The maximum absolute atomic E-state index is 12.6. The molecule has 2 aromatic rings. The molecule has 1 aromatic heterocycles. The molecule has 1 aliphatic heterocycles. The van der Waals surface area contributed by atoms with Crippen LogP contribution >= 0.6 is 11.3 Å². The highest BCUT2D eigenvalue weighted by Gasteiger charge is 2.28. The Balaban J connectivity index is 1.97. The van der Waals surface area contributed by atoms with Crippen LogP contribution in [-0.2, 0) is 16.4 Å². The number of sulfonamides is 1. The van der Waals surface area contributed by atoms with E-state index in [1.807, 2.05) is 18.4 Å². The number of nitrogens with zero attached hydrogens (tertiary/aromatic N) is 1. The Morgan fingerprint density at radius 2 is 2.09 bits per heavy atom. The van der Waals surface area contributed by atoms with Crippen molar-refractivity contribution in [1.82, 2.24) is 4.72 Å². The van der Waals surface area contributed by atoms with Gasteiger partial charge in [0.15, 0.2) is 0 Å². The first-order chi connectivity index (χ1) is 10.4. The number of nitrogens with one attached hydrogen (secondary N) is 1. The first kappa shape index (κ1) is 15.2. The molecule has 0 fully saturated rings. The molecule has 3 rings (SSSR count). The quantitative estimate of drug-likeness (QED) is 0.934. The summed E-state index contributed by atoms with van der Waals surface area (Å²) >= 11 is 1.43. The Labute approximate surface area is 133 Å². The van der Waals surface area contributed by atoms with Crippen molar-refractivity contribution in [2.45, 2.75) is 18.2 Å². The van der Waals surface area contributed by atoms with Crippen molar-refractivity contribution in [3.63, 3.8) is 0 Å². The molecular weight excluding hydrogens is 320 g/mol. The summed E-state index contributed by atoms with van der Waals surface area (Å²) in [5.41, 5.74) is 2.66. The second kappa shape index (κ2) is 5.49. The van der Waals surface area contributed by atoms with Gasteiger partial charge in [0.05, 0.1) is 9.77 Å². The van der Waals surface area contributed by atoms with Crippen LogP contribution in [0.4, 0.5) is 5.69 Å². The summed E-state index contributed by atoms with van der Waals surface area (Å²) in [6.45, 7) is 2.50. The third-order valence-electron chi connectivity index (χ3n) is 3.83. The third kappa shape index (κ3) is 2.45. The van der Waals surface area contributed by atoms with Gasteiger partial charge in [-0.25, -0.2) is 13.1 Å². The van der Waals surface area contributed by atoms with E-state index in [-0.39, 0.29) is 10.8 Å². The number of benzene rings is 1. The standard InChI is InChI=1S/C15H16N2O3S2/c1-10-6-8-21-14(10)15(18)17-7-5-11-9-12(3-4-13(11)17)22(19,20)16-2/h3-4,6,8-9,16H,5,7H2,1-2H3. The molecule has 0 saturated carbocycles. The Hall–Kier alpha value is -1.70. The average Bonchev–Trinajstić information content (AvgIpc) is 3.12. The molecule has 0 unspecified atom stereocenters. The van der Waals surface area contributed by atoms with Gasteiger partial charge in [0.25, 0.3) is 5.91 Å². The van der Waals surface area contributed by atoms with Crippen LogP contribution in [0.25, 0.3) is 0 Å². The number of thiophene rings is 1. The van der Waals surface area contributed by atoms with Crippen LogP contribution in [0.15, 0.2) is 34.5 Å². The maximum Gasteiger partial charge on any atom is 0.268 e. The van der Waals surface area contributed by atoms with E-state index in [9.17, 15) is 13.2 Å². The first-order valence-electron chi connectivity index (χ1n) is 6.86. The smallest absolute Gasteiger partial charge is 0.268 e. The fourth-order valence-electron chi connectivity index (χ4n) is 2.59. The lowest BCUT2D eigenvalue weighted by molar-refractivity contribution is 0.0992. The molecule has 22 heavy (non-hydrogen) atoms. The molecule has 0 saturated heterocycles. The highest BCUT2D eigenvalue weighted by molar-refractivity contribution is 7.89. The number of amides is 1. The number of rotatable bonds is 3. The van der Waals surface area contributed by atoms with Gasteiger partial charge in [-0.3, -0.25) is 4.79 Å². The summed E-state index contributed by atoms with van der Waals surface area (Å²) in [5.74, 6) is -0.0181. The Kier molecular flexibility index (Phi) is 3.80. The number of anilines is 1. The van der Waals surface area contributed by atoms with Gasteiger partial charge in [-0.1, -0.05) is 0 Å². The van der Waals surface area contributed by atoms with Crippen LogP contribution in [0.5, 0.6) is 0 Å². The summed E-state index contributed by atoms with van der Waals surface area (Å²) in [5, 5.41) is 1.90. The summed E-state index contributed by atoms with van der Waals surface area (Å²) in [6, 6.07) is 6.83. The minimum absolute atomic E-state index is 0.0181. The lowest BCUT2D eigenvalue weighted by Crippen LogP contribution is -2.28. The lowest BCUT2D eigenvalue weighted by atomic mass is 10.2. The van der Waals surface area contributed by atoms with E-state index in [0.717, 1.165) is 21.7 Å². The van der Waals surface area contributed by atoms with Crippen LogP contribution in [0.2, 0.25) is 0 Å². The van der Waals surface area contributed by atoms with E-state index in [0.29, 0.717) is 13.0 Å². The van der Waals surface area contributed by atoms with Gasteiger partial charge >= 0.3 is 0 Å². The summed E-state index contributed by atoms with van der Waals surface area (Å²) < 4.78 is 26.0. The van der Waals surface area contributed by atoms with E-state index in [4.69, 9.17) is 0 Å². The number of aryl methyl sites for hydroxylation is 1. The zero-order valence-corrected chi connectivity index (χ0v) is 13.9. The highest BCUT2D eigenvalue weighted by atomic mass is 32.2. The van der Waals surface area contributed by atoms with Gasteiger partial charge in [-0.15, -0.1) is 11.3 Å². The Morgan fingerprint density at radius 1 is 1.32 bits per heavy atom. The van der Waals surface area contributed by atoms with Crippen LogP contribution < -0.4 is 9.62 Å². The predicted octanol–water partition coefficient (Wildman–Crippen LogP) is 2.17. The van der Waals surface area contributed by atoms with Gasteiger partial charge in [-0.2, -0.15) is 0 Å². The zero-order valence-electron chi connectivity index (χ0n) is 12.3. The second-order valence-corrected chi connectivity index (χ2v) is 7.94. The molecule has 0 radical (unpaired) electrons. The fraction of sp³-hybridized carbons (Fsp3) is 0.267. The zero-order chi connectivity index (χ0) is 15.9. The third-order valence-corrected chi connectivity index (χ3v) is 6.24. The molecule has 0 atom stereocenters. The van der Waals surface area contributed by atoms with Crippen LogP contribution in [0.1, 0.15) is 20.8 Å². The number of carbonyl (C=O) groups excluding carboxylic acids is 1. The molecular formula is C15H16N2O3S2. The van der Waals surface area contributed by atoms with E-state index < -0.39 is 10.0 Å². The van der Waals surface area contributed by atoms with Gasteiger partial charge in [0, 0.05) is 12.2 Å². The van der Waals surface area contributed by atoms with Crippen molar-refractivity contribution in [2.75, 3.05) is 18.5 Å². The molecule has 7 heteroatoms. The first-order valence-corrected chi connectivity index (χ1v) is 9.23. The Bertz CT molecular complexity index is 840. The highest BCUT2D eigenvalue weighted by Crippen LogP contribution is 2.32. The van der Waals surface area contributed by atoms with Crippen molar-refractivity contribution < 1.29 is 13.2 Å².